The van der Waals surface area contributed by atoms with Crippen molar-refractivity contribution in [3.05, 3.63) is 35.9 Å². The van der Waals surface area contributed by atoms with Crippen LogP contribution in [0.15, 0.2) is 30.3 Å². The van der Waals surface area contributed by atoms with E-state index >= 15 is 0 Å². The van der Waals surface area contributed by atoms with E-state index in [4.69, 9.17) is 4.74 Å². The second-order valence-corrected chi connectivity index (χ2v) is 5.59. The molecule has 1 atom stereocenters. The molecule has 134 valence electrons. The summed E-state index contributed by atoms with van der Waals surface area (Å²) in [6, 6.07) is 6.53. The van der Waals surface area contributed by atoms with Gasteiger partial charge >= 0.3 is 6.16 Å². The minimum atomic E-state index is -0.752. The summed E-state index contributed by atoms with van der Waals surface area (Å²) in [5.74, 6) is 0.0834. The van der Waals surface area contributed by atoms with Gasteiger partial charge in [0.05, 0.1) is 6.61 Å². The molecule has 7 heteroatoms. The fourth-order valence-corrected chi connectivity index (χ4v) is 2.41. The van der Waals surface area contributed by atoms with Crippen LogP contribution < -0.4 is 15.4 Å². The minimum absolute atomic E-state index is 0.0380. The molecule has 1 aliphatic heterocycles. The third kappa shape index (κ3) is 6.66. The summed E-state index contributed by atoms with van der Waals surface area (Å²) in [4.78, 5) is 34.7. The number of ether oxygens (including phenoxy) is 2. The van der Waals surface area contributed by atoms with Gasteiger partial charge in [-0.2, -0.15) is 0 Å². The average Bonchev–Trinajstić information content (AvgIpc) is 2.78. The summed E-state index contributed by atoms with van der Waals surface area (Å²) in [5, 5.41) is 5.62. The van der Waals surface area contributed by atoms with Gasteiger partial charge in [0.2, 0.25) is 11.8 Å². The van der Waals surface area contributed by atoms with Crippen LogP contribution >= 0.6 is 0 Å². The number of nitrogens with one attached hydrogen (secondary N) is 2. The molecule has 2 amide bonds. The van der Waals surface area contributed by atoms with E-state index in [1.54, 1.807) is 37.3 Å². The molecule has 0 bridgehead atoms. The largest absolute Gasteiger partial charge is 0.513 e. The number of benzene rings is 1. The molecule has 25 heavy (non-hydrogen) atoms. The molecule has 1 aromatic rings. The number of carbonyl (C=O) groups excluding carboxylic acids is 3. The minimum Gasteiger partial charge on any atom is -0.434 e. The summed E-state index contributed by atoms with van der Waals surface area (Å²) in [6.07, 6.45) is 4.25. The van der Waals surface area contributed by atoms with Gasteiger partial charge in [-0.05, 0) is 43.5 Å². The molecule has 7 nitrogen and oxygen atoms in total. The van der Waals surface area contributed by atoms with Gasteiger partial charge in [0.25, 0.3) is 0 Å². The van der Waals surface area contributed by atoms with Crippen molar-refractivity contribution >= 4 is 24.0 Å². The van der Waals surface area contributed by atoms with Crippen molar-refractivity contribution in [1.82, 2.24) is 10.6 Å². The number of hydrogen-bond acceptors (Lipinski definition) is 5. The van der Waals surface area contributed by atoms with Crippen LogP contribution in [0.25, 0.3) is 6.08 Å². The highest BCUT2D eigenvalue weighted by atomic mass is 16.7. The lowest BCUT2D eigenvalue weighted by molar-refractivity contribution is -0.121. The third-order valence-corrected chi connectivity index (χ3v) is 3.60. The standard InChI is InChI=1S/C18H22N2O5/c1-2-24-18(23)25-15-8-5-13(6-9-15)7-10-16(21)20-14-4-3-11-19-17(22)12-14/h5-10,14H,2-4,11-12H2,1H3,(H,19,22)(H,20,21). The van der Waals surface area contributed by atoms with Crippen LogP contribution in [-0.4, -0.2) is 37.2 Å². The lowest BCUT2D eigenvalue weighted by atomic mass is 10.1. The first-order chi connectivity index (χ1) is 12.1. The molecule has 2 rings (SSSR count). The van der Waals surface area contributed by atoms with Gasteiger partial charge in [-0.1, -0.05) is 12.1 Å². The molecular weight excluding hydrogens is 324 g/mol. The highest BCUT2D eigenvalue weighted by molar-refractivity contribution is 5.92. The highest BCUT2D eigenvalue weighted by Crippen LogP contribution is 2.14. The molecule has 0 aliphatic carbocycles. The maximum Gasteiger partial charge on any atom is 0.513 e. The Morgan fingerprint density at radius 3 is 2.80 bits per heavy atom. The summed E-state index contributed by atoms with van der Waals surface area (Å²) in [6.45, 7) is 2.60. The van der Waals surface area contributed by atoms with Crippen LogP contribution in [0.4, 0.5) is 4.79 Å². The van der Waals surface area contributed by atoms with Crippen molar-refractivity contribution in [2.75, 3.05) is 13.2 Å². The topological polar surface area (TPSA) is 93.7 Å². The maximum atomic E-state index is 12.0. The Morgan fingerprint density at radius 1 is 1.32 bits per heavy atom. The summed E-state index contributed by atoms with van der Waals surface area (Å²) >= 11 is 0. The van der Waals surface area contributed by atoms with Crippen LogP contribution in [0.5, 0.6) is 5.75 Å². The Kier molecular flexibility index (Phi) is 7.00. The zero-order valence-corrected chi connectivity index (χ0v) is 14.1. The molecule has 1 fully saturated rings. The van der Waals surface area contributed by atoms with E-state index in [1.807, 2.05) is 0 Å². The second kappa shape index (κ2) is 9.46. The molecule has 1 unspecified atom stereocenters. The van der Waals surface area contributed by atoms with E-state index in [0.717, 1.165) is 18.4 Å². The second-order valence-electron chi connectivity index (χ2n) is 5.59. The Labute approximate surface area is 146 Å². The van der Waals surface area contributed by atoms with Crippen LogP contribution in [-0.2, 0) is 14.3 Å². The van der Waals surface area contributed by atoms with E-state index in [0.29, 0.717) is 18.7 Å². The maximum absolute atomic E-state index is 12.0. The quantitative estimate of drug-likeness (QED) is 0.483. The van der Waals surface area contributed by atoms with Gasteiger partial charge in [-0.3, -0.25) is 9.59 Å². The van der Waals surface area contributed by atoms with E-state index in [2.05, 4.69) is 15.4 Å². The van der Waals surface area contributed by atoms with E-state index in [-0.39, 0.29) is 24.5 Å². The molecule has 2 N–H and O–H groups in total. The van der Waals surface area contributed by atoms with Crippen molar-refractivity contribution in [3.8, 4) is 5.75 Å². The molecule has 0 spiro atoms. The van der Waals surface area contributed by atoms with E-state index < -0.39 is 6.16 Å². The predicted octanol–water partition coefficient (Wildman–Crippen LogP) is 2.02. The van der Waals surface area contributed by atoms with E-state index in [9.17, 15) is 14.4 Å². The Bertz CT molecular complexity index is 639. The van der Waals surface area contributed by atoms with Crippen LogP contribution in [0.2, 0.25) is 0 Å². The molecule has 0 saturated carbocycles. The van der Waals surface area contributed by atoms with Crippen LogP contribution in [0.3, 0.4) is 0 Å². The zero-order chi connectivity index (χ0) is 18.1. The number of hydrogen-bond donors (Lipinski definition) is 2. The lowest BCUT2D eigenvalue weighted by Crippen LogP contribution is -2.35. The lowest BCUT2D eigenvalue weighted by Gasteiger charge is -2.13. The highest BCUT2D eigenvalue weighted by Gasteiger charge is 2.18. The number of rotatable bonds is 5. The first-order valence-electron chi connectivity index (χ1n) is 8.26. The van der Waals surface area contributed by atoms with Gasteiger partial charge < -0.3 is 20.1 Å². The predicted molar refractivity (Wildman–Crippen MR) is 91.9 cm³/mol. The van der Waals surface area contributed by atoms with Crippen molar-refractivity contribution in [2.45, 2.75) is 32.2 Å². The Hall–Kier alpha value is -2.83. The summed E-state index contributed by atoms with van der Waals surface area (Å²) in [5.41, 5.74) is 0.782. The number of carbonyl (C=O) groups is 3. The monoisotopic (exact) mass is 346 g/mol. The van der Waals surface area contributed by atoms with Crippen LogP contribution in [0.1, 0.15) is 31.7 Å². The van der Waals surface area contributed by atoms with Gasteiger partial charge in [0.15, 0.2) is 0 Å². The number of amides is 2. The van der Waals surface area contributed by atoms with E-state index in [1.165, 1.54) is 6.08 Å². The van der Waals surface area contributed by atoms with Gasteiger partial charge in [0, 0.05) is 25.1 Å². The molecule has 1 aliphatic rings. The first-order valence-corrected chi connectivity index (χ1v) is 8.26. The van der Waals surface area contributed by atoms with Gasteiger partial charge in [0.1, 0.15) is 5.75 Å². The smallest absolute Gasteiger partial charge is 0.434 e. The van der Waals surface area contributed by atoms with Gasteiger partial charge in [-0.25, -0.2) is 4.79 Å². The Balaban J connectivity index is 1.84. The molecule has 1 saturated heterocycles. The third-order valence-electron chi connectivity index (χ3n) is 3.60. The van der Waals surface area contributed by atoms with Crippen LogP contribution in [0, 0.1) is 0 Å². The summed E-state index contributed by atoms with van der Waals surface area (Å²) in [7, 11) is 0. The normalized spacial score (nSPS) is 17.5. The summed E-state index contributed by atoms with van der Waals surface area (Å²) < 4.78 is 9.64. The molecular formula is C18H22N2O5. The van der Waals surface area contributed by atoms with Crippen molar-refractivity contribution in [1.29, 1.82) is 0 Å². The fraction of sp³-hybridized carbons (Fsp3) is 0.389. The molecule has 1 heterocycles. The molecule has 1 aromatic carbocycles. The first kappa shape index (κ1) is 18.5. The molecule has 0 aromatic heterocycles. The fourth-order valence-electron chi connectivity index (χ4n) is 2.41. The SMILES string of the molecule is CCOC(=O)Oc1ccc(C=CC(=O)NC2CCCNC(=O)C2)cc1. The van der Waals surface area contributed by atoms with Gasteiger partial charge in [-0.15, -0.1) is 0 Å². The average molecular weight is 346 g/mol. The van der Waals surface area contributed by atoms with Crippen molar-refractivity contribution in [3.63, 3.8) is 0 Å². The zero-order valence-electron chi connectivity index (χ0n) is 14.1. The Morgan fingerprint density at radius 2 is 2.08 bits per heavy atom. The van der Waals surface area contributed by atoms with Crippen molar-refractivity contribution in [2.24, 2.45) is 0 Å². The van der Waals surface area contributed by atoms with Crippen molar-refractivity contribution < 1.29 is 23.9 Å². The molecule has 0 radical (unpaired) electrons.